The summed E-state index contributed by atoms with van der Waals surface area (Å²) in [5.41, 5.74) is 7.75. The molecule has 0 heterocycles. The summed E-state index contributed by atoms with van der Waals surface area (Å²) in [7, 11) is 1.63. The average molecular weight is 288 g/mol. The van der Waals surface area contributed by atoms with E-state index in [4.69, 9.17) is 10.5 Å². The van der Waals surface area contributed by atoms with Crippen molar-refractivity contribution in [2.45, 2.75) is 13.2 Å². The third-order valence-electron chi connectivity index (χ3n) is 3.01. The van der Waals surface area contributed by atoms with E-state index in [2.05, 4.69) is 5.32 Å². The zero-order chi connectivity index (χ0) is 15.2. The number of carbonyl (C=O) groups is 1. The van der Waals surface area contributed by atoms with Crippen LogP contribution in [0, 0.1) is 5.82 Å². The molecule has 3 N–H and O–H groups in total. The fourth-order valence-electron chi connectivity index (χ4n) is 1.97. The lowest BCUT2D eigenvalue weighted by Crippen LogP contribution is -2.23. The number of hydrogen-bond donors (Lipinski definition) is 2. The highest BCUT2D eigenvalue weighted by molar-refractivity contribution is 5.94. The SMILES string of the molecule is COCc1cccc(CNC(=O)c2ccc(F)c(N)c2)c1. The molecule has 1 amide bonds. The molecule has 0 aliphatic carbocycles. The molecule has 0 atom stereocenters. The number of anilines is 1. The van der Waals surface area contributed by atoms with Gasteiger partial charge in [-0.15, -0.1) is 0 Å². The summed E-state index contributed by atoms with van der Waals surface area (Å²) in [5.74, 6) is -0.822. The van der Waals surface area contributed by atoms with Crippen molar-refractivity contribution in [1.82, 2.24) is 5.32 Å². The Morgan fingerprint density at radius 3 is 2.71 bits per heavy atom. The Hall–Kier alpha value is -2.40. The third kappa shape index (κ3) is 4.03. The number of methoxy groups -OCH3 is 1. The summed E-state index contributed by atoms with van der Waals surface area (Å²) in [5, 5.41) is 2.77. The van der Waals surface area contributed by atoms with Crippen molar-refractivity contribution in [3.05, 3.63) is 65.0 Å². The molecule has 0 spiro atoms. The van der Waals surface area contributed by atoms with Crippen LogP contribution in [0.5, 0.6) is 0 Å². The first kappa shape index (κ1) is 15.0. The Morgan fingerprint density at radius 1 is 1.24 bits per heavy atom. The molecule has 5 heteroatoms. The van der Waals surface area contributed by atoms with Crippen LogP contribution in [0.1, 0.15) is 21.5 Å². The van der Waals surface area contributed by atoms with Crippen LogP contribution in [0.15, 0.2) is 42.5 Å². The Kier molecular flexibility index (Phi) is 4.90. The molecule has 0 fully saturated rings. The zero-order valence-corrected chi connectivity index (χ0v) is 11.7. The molecule has 110 valence electrons. The topological polar surface area (TPSA) is 64.3 Å². The van der Waals surface area contributed by atoms with Crippen LogP contribution < -0.4 is 11.1 Å². The summed E-state index contributed by atoms with van der Waals surface area (Å²) in [6.07, 6.45) is 0. The number of amides is 1. The van der Waals surface area contributed by atoms with Crippen LogP contribution in [0.3, 0.4) is 0 Å². The maximum absolute atomic E-state index is 13.1. The second-order valence-corrected chi connectivity index (χ2v) is 4.67. The second-order valence-electron chi connectivity index (χ2n) is 4.67. The number of benzene rings is 2. The van der Waals surface area contributed by atoms with Gasteiger partial charge in [0.1, 0.15) is 5.82 Å². The van der Waals surface area contributed by atoms with Gasteiger partial charge in [-0.2, -0.15) is 0 Å². The van der Waals surface area contributed by atoms with Crippen molar-refractivity contribution < 1.29 is 13.9 Å². The van der Waals surface area contributed by atoms with Crippen LogP contribution >= 0.6 is 0 Å². The number of nitrogen functional groups attached to an aromatic ring is 1. The molecule has 4 nitrogen and oxygen atoms in total. The minimum Gasteiger partial charge on any atom is -0.396 e. The van der Waals surface area contributed by atoms with E-state index in [0.717, 1.165) is 11.1 Å². The van der Waals surface area contributed by atoms with Gasteiger partial charge >= 0.3 is 0 Å². The fraction of sp³-hybridized carbons (Fsp3) is 0.188. The summed E-state index contributed by atoms with van der Waals surface area (Å²) in [6, 6.07) is 11.7. The molecule has 0 bridgehead atoms. The van der Waals surface area contributed by atoms with Crippen LogP contribution in [0.2, 0.25) is 0 Å². The van der Waals surface area contributed by atoms with Gasteiger partial charge in [0.25, 0.3) is 5.91 Å². The van der Waals surface area contributed by atoms with E-state index < -0.39 is 5.82 Å². The van der Waals surface area contributed by atoms with E-state index in [1.807, 2.05) is 24.3 Å². The average Bonchev–Trinajstić information content (AvgIpc) is 2.48. The first-order valence-electron chi connectivity index (χ1n) is 6.50. The maximum Gasteiger partial charge on any atom is 0.251 e. The maximum atomic E-state index is 13.1. The third-order valence-corrected chi connectivity index (χ3v) is 3.01. The Labute approximate surface area is 122 Å². The lowest BCUT2D eigenvalue weighted by Gasteiger charge is -2.08. The summed E-state index contributed by atoms with van der Waals surface area (Å²) in [4.78, 5) is 12.0. The first-order valence-corrected chi connectivity index (χ1v) is 6.50. The molecule has 0 unspecified atom stereocenters. The highest BCUT2D eigenvalue weighted by Gasteiger charge is 2.08. The molecule has 0 saturated heterocycles. The lowest BCUT2D eigenvalue weighted by atomic mass is 10.1. The molecule has 2 aromatic rings. The smallest absolute Gasteiger partial charge is 0.251 e. The molecule has 0 aliphatic heterocycles. The quantitative estimate of drug-likeness (QED) is 0.831. The first-order chi connectivity index (χ1) is 10.1. The Morgan fingerprint density at radius 2 is 2.00 bits per heavy atom. The lowest BCUT2D eigenvalue weighted by molar-refractivity contribution is 0.0951. The molecule has 0 aliphatic rings. The second kappa shape index (κ2) is 6.85. The van der Waals surface area contributed by atoms with Gasteiger partial charge in [0.2, 0.25) is 0 Å². The number of carbonyl (C=O) groups excluding carboxylic acids is 1. The van der Waals surface area contributed by atoms with Crippen LogP contribution in [-0.4, -0.2) is 13.0 Å². The van der Waals surface area contributed by atoms with Gasteiger partial charge in [-0.1, -0.05) is 24.3 Å². The standard InChI is InChI=1S/C16H17FN2O2/c1-21-10-12-4-2-3-11(7-12)9-19-16(20)13-5-6-14(17)15(18)8-13/h2-8H,9-10,18H2,1H3,(H,19,20). The minimum atomic E-state index is -0.529. The van der Waals surface area contributed by atoms with Gasteiger partial charge in [-0.3, -0.25) is 4.79 Å². The van der Waals surface area contributed by atoms with Crippen LogP contribution in [-0.2, 0) is 17.9 Å². The molecule has 2 aromatic carbocycles. The Balaban J connectivity index is 2.00. The van der Waals surface area contributed by atoms with E-state index in [0.29, 0.717) is 18.7 Å². The molecule has 0 saturated carbocycles. The van der Waals surface area contributed by atoms with Crippen molar-refractivity contribution in [1.29, 1.82) is 0 Å². The molecular formula is C16H17FN2O2. The molecule has 0 aromatic heterocycles. The van der Waals surface area contributed by atoms with Crippen molar-refractivity contribution in [3.63, 3.8) is 0 Å². The number of hydrogen-bond acceptors (Lipinski definition) is 3. The summed E-state index contributed by atoms with van der Waals surface area (Å²) >= 11 is 0. The molecule has 0 radical (unpaired) electrons. The molecule has 2 rings (SSSR count). The largest absolute Gasteiger partial charge is 0.396 e. The van der Waals surface area contributed by atoms with E-state index in [1.54, 1.807) is 7.11 Å². The number of rotatable bonds is 5. The predicted molar refractivity (Wildman–Crippen MR) is 79.1 cm³/mol. The number of nitrogens with one attached hydrogen (secondary N) is 1. The van der Waals surface area contributed by atoms with E-state index in [-0.39, 0.29) is 11.6 Å². The molecule has 21 heavy (non-hydrogen) atoms. The number of ether oxygens (including phenoxy) is 1. The monoisotopic (exact) mass is 288 g/mol. The van der Waals surface area contributed by atoms with Gasteiger partial charge in [0.05, 0.1) is 12.3 Å². The zero-order valence-electron chi connectivity index (χ0n) is 11.7. The fourth-order valence-corrected chi connectivity index (χ4v) is 1.97. The molecular weight excluding hydrogens is 271 g/mol. The van der Waals surface area contributed by atoms with Gasteiger partial charge < -0.3 is 15.8 Å². The van der Waals surface area contributed by atoms with Gasteiger partial charge in [-0.25, -0.2) is 4.39 Å². The van der Waals surface area contributed by atoms with Crippen molar-refractivity contribution in [3.8, 4) is 0 Å². The summed E-state index contributed by atoms with van der Waals surface area (Å²) < 4.78 is 18.1. The van der Waals surface area contributed by atoms with Gasteiger partial charge in [-0.05, 0) is 29.3 Å². The minimum absolute atomic E-state index is 0.0373. The van der Waals surface area contributed by atoms with Crippen molar-refractivity contribution in [2.75, 3.05) is 12.8 Å². The number of halogens is 1. The highest BCUT2D eigenvalue weighted by Crippen LogP contribution is 2.12. The van der Waals surface area contributed by atoms with Crippen LogP contribution in [0.4, 0.5) is 10.1 Å². The van der Waals surface area contributed by atoms with E-state index in [1.165, 1.54) is 18.2 Å². The predicted octanol–water partition coefficient (Wildman–Crippen LogP) is 2.48. The van der Waals surface area contributed by atoms with E-state index in [9.17, 15) is 9.18 Å². The Bertz CT molecular complexity index is 644. The van der Waals surface area contributed by atoms with Crippen molar-refractivity contribution in [2.24, 2.45) is 0 Å². The van der Waals surface area contributed by atoms with Gasteiger partial charge in [0.15, 0.2) is 0 Å². The van der Waals surface area contributed by atoms with E-state index >= 15 is 0 Å². The summed E-state index contributed by atoms with van der Waals surface area (Å²) in [6.45, 7) is 0.907. The number of nitrogens with two attached hydrogens (primary N) is 1. The van der Waals surface area contributed by atoms with Crippen LogP contribution in [0.25, 0.3) is 0 Å². The highest BCUT2D eigenvalue weighted by atomic mass is 19.1. The normalized spacial score (nSPS) is 10.4. The van der Waals surface area contributed by atoms with Gasteiger partial charge in [0, 0.05) is 19.2 Å². The van der Waals surface area contributed by atoms with Crippen molar-refractivity contribution >= 4 is 11.6 Å².